The zero-order chi connectivity index (χ0) is 14.1. The normalized spacial score (nSPS) is 18.4. The molecular weight excluding hydrogens is 318 g/mol. The molecule has 1 aromatic carbocycles. The molecule has 1 atom stereocenters. The van der Waals surface area contributed by atoms with Gasteiger partial charge < -0.3 is 15.6 Å². The number of aromatic nitrogens is 1. The van der Waals surface area contributed by atoms with Crippen LogP contribution < -0.4 is 5.73 Å². The Morgan fingerprint density at radius 2 is 2.20 bits per heavy atom. The lowest BCUT2D eigenvalue weighted by Crippen LogP contribution is -2.31. The molecule has 1 unspecified atom stereocenters. The number of likely N-dealkylation sites (tertiary alicyclic amines) is 1. The fraction of sp³-hybridized carbons (Fsp3) is 0.267. The number of hydrogen-bond donors (Lipinski definition) is 2. The molecule has 4 nitrogen and oxygen atoms in total. The summed E-state index contributed by atoms with van der Waals surface area (Å²) < 4.78 is 0.683. The fourth-order valence-electron chi connectivity index (χ4n) is 2.75. The van der Waals surface area contributed by atoms with E-state index in [4.69, 9.17) is 5.73 Å². The summed E-state index contributed by atoms with van der Waals surface area (Å²) in [6.07, 6.45) is 3.91. The zero-order valence-electron chi connectivity index (χ0n) is 11.0. The number of aromatic amines is 1. The highest BCUT2D eigenvalue weighted by molar-refractivity contribution is 9.10. The van der Waals surface area contributed by atoms with E-state index in [1.807, 2.05) is 35.4 Å². The van der Waals surface area contributed by atoms with E-state index in [0.717, 1.165) is 25.1 Å². The molecule has 1 aromatic heterocycles. The predicted molar refractivity (Wildman–Crippen MR) is 82.4 cm³/mol. The number of carbonyl (C=O) groups excluding carboxylic acids is 1. The third kappa shape index (κ3) is 2.22. The Bertz CT molecular complexity index is 624. The Labute approximate surface area is 126 Å². The van der Waals surface area contributed by atoms with Crippen molar-refractivity contribution >= 4 is 27.5 Å². The number of nitrogens with zero attached hydrogens (tertiary/aromatic N) is 1. The molecule has 2 aromatic rings. The monoisotopic (exact) mass is 333 g/mol. The van der Waals surface area contributed by atoms with Crippen LogP contribution in [0.3, 0.4) is 0 Å². The topological polar surface area (TPSA) is 62.1 Å². The van der Waals surface area contributed by atoms with Crippen molar-refractivity contribution in [2.24, 2.45) is 0 Å². The van der Waals surface area contributed by atoms with Gasteiger partial charge in [-0.15, -0.1) is 0 Å². The number of halogens is 1. The van der Waals surface area contributed by atoms with Gasteiger partial charge in [0.15, 0.2) is 0 Å². The Hall–Kier alpha value is -1.75. The lowest BCUT2D eigenvalue weighted by molar-refractivity contribution is 0.0732. The number of anilines is 1. The van der Waals surface area contributed by atoms with E-state index in [-0.39, 0.29) is 11.9 Å². The summed E-state index contributed by atoms with van der Waals surface area (Å²) >= 11 is 3.42. The highest BCUT2D eigenvalue weighted by atomic mass is 79.9. The maximum atomic E-state index is 12.8. The second-order valence-electron chi connectivity index (χ2n) is 4.99. The van der Waals surface area contributed by atoms with Crippen LogP contribution in [-0.2, 0) is 0 Å². The summed E-state index contributed by atoms with van der Waals surface area (Å²) in [6.45, 7) is 0.782. The second-order valence-corrected chi connectivity index (χ2v) is 5.78. The van der Waals surface area contributed by atoms with Crippen molar-refractivity contribution in [3.8, 4) is 0 Å². The molecule has 1 saturated heterocycles. The molecule has 0 radical (unpaired) electrons. The highest BCUT2D eigenvalue weighted by Crippen LogP contribution is 2.34. The van der Waals surface area contributed by atoms with E-state index in [2.05, 4.69) is 20.9 Å². The van der Waals surface area contributed by atoms with Gasteiger partial charge in [-0.3, -0.25) is 4.79 Å². The van der Waals surface area contributed by atoms with Crippen LogP contribution in [-0.4, -0.2) is 22.3 Å². The summed E-state index contributed by atoms with van der Waals surface area (Å²) in [4.78, 5) is 17.9. The number of nitrogens with two attached hydrogens (primary N) is 1. The summed E-state index contributed by atoms with van der Waals surface area (Å²) in [7, 11) is 0. The molecular formula is C15H16BrN3O. The van der Waals surface area contributed by atoms with Crippen molar-refractivity contribution in [3.63, 3.8) is 0 Å². The quantitative estimate of drug-likeness (QED) is 0.828. The Kier molecular flexibility index (Phi) is 3.53. The van der Waals surface area contributed by atoms with Crippen LogP contribution in [0.5, 0.6) is 0 Å². The minimum atomic E-state index is 0.0290. The van der Waals surface area contributed by atoms with Crippen molar-refractivity contribution in [1.29, 1.82) is 0 Å². The van der Waals surface area contributed by atoms with Gasteiger partial charge in [-0.05, 0) is 53.0 Å². The van der Waals surface area contributed by atoms with Crippen molar-refractivity contribution in [3.05, 3.63) is 52.3 Å². The molecule has 2 heterocycles. The number of carbonyl (C=O) groups is 1. The average Bonchev–Trinajstić information content (AvgIpc) is 3.10. The molecule has 1 aliphatic heterocycles. The zero-order valence-corrected chi connectivity index (χ0v) is 12.6. The van der Waals surface area contributed by atoms with Gasteiger partial charge in [0, 0.05) is 24.1 Å². The molecule has 104 valence electrons. The van der Waals surface area contributed by atoms with Gasteiger partial charge in [-0.1, -0.05) is 6.07 Å². The summed E-state index contributed by atoms with van der Waals surface area (Å²) in [5.41, 5.74) is 8.17. The lowest BCUT2D eigenvalue weighted by Gasteiger charge is -2.24. The number of benzene rings is 1. The van der Waals surface area contributed by atoms with Crippen molar-refractivity contribution in [2.45, 2.75) is 18.9 Å². The molecule has 1 fully saturated rings. The van der Waals surface area contributed by atoms with E-state index in [1.54, 1.807) is 6.07 Å². The predicted octanol–water partition coefficient (Wildman–Crippen LogP) is 3.34. The lowest BCUT2D eigenvalue weighted by atomic mass is 10.1. The number of H-pyrrole nitrogens is 1. The molecule has 20 heavy (non-hydrogen) atoms. The number of rotatable bonds is 2. The van der Waals surface area contributed by atoms with Gasteiger partial charge >= 0.3 is 0 Å². The molecule has 1 amide bonds. The number of nitrogen functional groups attached to an aromatic ring is 1. The summed E-state index contributed by atoms with van der Waals surface area (Å²) in [6, 6.07) is 9.54. The van der Waals surface area contributed by atoms with Crippen LogP contribution in [0.2, 0.25) is 0 Å². The van der Waals surface area contributed by atoms with E-state index < -0.39 is 0 Å². The Balaban J connectivity index is 1.92. The minimum Gasteiger partial charge on any atom is -0.398 e. The largest absolute Gasteiger partial charge is 0.398 e. The molecule has 0 bridgehead atoms. The van der Waals surface area contributed by atoms with Gasteiger partial charge in [0.1, 0.15) is 0 Å². The minimum absolute atomic E-state index is 0.0290. The Morgan fingerprint density at radius 3 is 2.95 bits per heavy atom. The second kappa shape index (κ2) is 5.32. The van der Waals surface area contributed by atoms with Gasteiger partial charge in [-0.2, -0.15) is 0 Å². The fourth-order valence-corrected chi connectivity index (χ4v) is 3.19. The Morgan fingerprint density at radius 1 is 1.35 bits per heavy atom. The van der Waals surface area contributed by atoms with Gasteiger partial charge in [0.2, 0.25) is 0 Å². The first-order chi connectivity index (χ1) is 9.68. The first-order valence-electron chi connectivity index (χ1n) is 6.66. The van der Waals surface area contributed by atoms with Crippen LogP contribution in [0.15, 0.2) is 41.0 Å². The van der Waals surface area contributed by atoms with Gasteiger partial charge in [0.25, 0.3) is 5.91 Å². The van der Waals surface area contributed by atoms with Gasteiger partial charge in [-0.25, -0.2) is 0 Å². The molecule has 0 spiro atoms. The summed E-state index contributed by atoms with van der Waals surface area (Å²) in [5.74, 6) is 0.0290. The van der Waals surface area contributed by atoms with Crippen molar-refractivity contribution in [2.75, 3.05) is 12.3 Å². The van der Waals surface area contributed by atoms with E-state index >= 15 is 0 Å². The van der Waals surface area contributed by atoms with Gasteiger partial charge in [0.05, 0.1) is 16.1 Å². The standard InChI is InChI=1S/C15H16BrN3O/c16-14-10(4-1-5-11(14)17)15(20)19-9-3-7-13(19)12-6-2-8-18-12/h1-2,4-6,8,13,18H,3,7,9,17H2. The van der Waals surface area contributed by atoms with E-state index in [0.29, 0.717) is 15.7 Å². The maximum absolute atomic E-state index is 12.8. The van der Waals surface area contributed by atoms with Crippen LogP contribution in [0, 0.1) is 0 Å². The van der Waals surface area contributed by atoms with Crippen LogP contribution in [0.25, 0.3) is 0 Å². The maximum Gasteiger partial charge on any atom is 0.255 e. The van der Waals surface area contributed by atoms with E-state index in [1.165, 1.54) is 0 Å². The van der Waals surface area contributed by atoms with Crippen LogP contribution in [0.4, 0.5) is 5.69 Å². The molecule has 1 aliphatic rings. The molecule has 3 rings (SSSR count). The number of amides is 1. The van der Waals surface area contributed by atoms with E-state index in [9.17, 15) is 4.79 Å². The third-order valence-electron chi connectivity index (χ3n) is 3.75. The average molecular weight is 334 g/mol. The first-order valence-corrected chi connectivity index (χ1v) is 7.46. The summed E-state index contributed by atoms with van der Waals surface area (Å²) in [5, 5.41) is 0. The highest BCUT2D eigenvalue weighted by Gasteiger charge is 2.32. The van der Waals surface area contributed by atoms with Crippen LogP contribution in [0.1, 0.15) is 34.9 Å². The van der Waals surface area contributed by atoms with Crippen LogP contribution >= 0.6 is 15.9 Å². The number of nitrogens with one attached hydrogen (secondary N) is 1. The SMILES string of the molecule is Nc1cccc(C(=O)N2CCCC2c2ccc[nH]2)c1Br. The smallest absolute Gasteiger partial charge is 0.255 e. The third-order valence-corrected chi connectivity index (χ3v) is 4.64. The number of hydrogen-bond acceptors (Lipinski definition) is 2. The molecule has 0 aliphatic carbocycles. The van der Waals surface area contributed by atoms with Crippen molar-refractivity contribution in [1.82, 2.24) is 9.88 Å². The molecule has 5 heteroatoms. The molecule has 0 saturated carbocycles. The first kappa shape index (κ1) is 13.2. The molecule has 3 N–H and O–H groups in total. The van der Waals surface area contributed by atoms with Crippen molar-refractivity contribution < 1.29 is 4.79 Å².